The number of imidazole rings is 1. The number of nitrogens with zero attached hydrogens (tertiary/aromatic N) is 1. The molecule has 1 heterocycles. The maximum atomic E-state index is 12.7. The highest BCUT2D eigenvalue weighted by Gasteiger charge is 2.11. The summed E-state index contributed by atoms with van der Waals surface area (Å²) < 4.78 is 38.6. The lowest BCUT2D eigenvalue weighted by molar-refractivity contribution is 0.579. The van der Waals surface area contributed by atoms with E-state index in [4.69, 9.17) is 0 Å². The number of hydrogen-bond donors (Lipinski definition) is 2. The van der Waals surface area contributed by atoms with Gasteiger partial charge in [-0.3, -0.25) is 0 Å². The van der Waals surface area contributed by atoms with Gasteiger partial charge in [0.25, 0.3) is 0 Å². The second kappa shape index (κ2) is 5.28. The Morgan fingerprint density at radius 2 is 2.00 bits per heavy atom. The molecule has 0 atom stereocenters. The molecule has 1 aromatic carbocycles. The highest BCUT2D eigenvalue weighted by Crippen LogP contribution is 2.07. The van der Waals surface area contributed by atoms with Crippen molar-refractivity contribution in [1.82, 2.24) is 14.7 Å². The van der Waals surface area contributed by atoms with Crippen LogP contribution in [0.1, 0.15) is 11.3 Å². The molecule has 0 saturated carbocycles. The third kappa shape index (κ3) is 3.64. The van der Waals surface area contributed by atoms with Gasteiger partial charge < -0.3 is 4.98 Å². The van der Waals surface area contributed by atoms with Crippen LogP contribution in [0.2, 0.25) is 0 Å². The largest absolute Gasteiger partial charge is 0.347 e. The number of hydrogen-bond acceptors (Lipinski definition) is 3. The van der Waals surface area contributed by atoms with Crippen LogP contribution in [0, 0.1) is 5.82 Å². The van der Waals surface area contributed by atoms with E-state index in [-0.39, 0.29) is 18.1 Å². The fraction of sp³-hybridized carbons (Fsp3) is 0.182. The second-order valence-corrected chi connectivity index (χ2v) is 5.59. The zero-order valence-corrected chi connectivity index (χ0v) is 10.2. The normalized spacial score (nSPS) is 11.6. The first-order valence-electron chi connectivity index (χ1n) is 5.24. The Balaban J connectivity index is 1.97. The van der Waals surface area contributed by atoms with Crippen molar-refractivity contribution >= 4 is 10.0 Å². The van der Waals surface area contributed by atoms with Crippen LogP contribution in [0.25, 0.3) is 0 Å². The van der Waals surface area contributed by atoms with Crippen molar-refractivity contribution in [2.45, 2.75) is 12.3 Å². The third-order valence-electron chi connectivity index (χ3n) is 2.31. The maximum absolute atomic E-state index is 12.7. The average Bonchev–Trinajstić information content (AvgIpc) is 2.83. The van der Waals surface area contributed by atoms with Gasteiger partial charge in [-0.25, -0.2) is 22.5 Å². The molecule has 0 fully saturated rings. The van der Waals surface area contributed by atoms with Gasteiger partial charge in [0.05, 0.1) is 18.6 Å². The lowest BCUT2D eigenvalue weighted by Gasteiger charge is -2.05. The number of aromatic amines is 1. The monoisotopic (exact) mass is 269 g/mol. The molecule has 0 bridgehead atoms. The van der Waals surface area contributed by atoms with Crippen LogP contribution in [0.3, 0.4) is 0 Å². The molecular formula is C11H12FN3O2S. The first kappa shape index (κ1) is 12.7. The van der Waals surface area contributed by atoms with E-state index < -0.39 is 10.0 Å². The average molecular weight is 269 g/mol. The number of sulfonamides is 1. The molecule has 1 aromatic heterocycles. The molecule has 0 aliphatic heterocycles. The van der Waals surface area contributed by atoms with E-state index in [9.17, 15) is 12.8 Å². The summed E-state index contributed by atoms with van der Waals surface area (Å²) in [5, 5.41) is 0. The Morgan fingerprint density at radius 1 is 1.28 bits per heavy atom. The molecule has 0 amide bonds. The van der Waals surface area contributed by atoms with E-state index in [0.717, 1.165) is 0 Å². The van der Waals surface area contributed by atoms with Crippen LogP contribution in [-0.2, 0) is 22.3 Å². The van der Waals surface area contributed by atoms with Crippen molar-refractivity contribution in [2.24, 2.45) is 0 Å². The van der Waals surface area contributed by atoms with Gasteiger partial charge >= 0.3 is 0 Å². The second-order valence-electron chi connectivity index (χ2n) is 3.78. The van der Waals surface area contributed by atoms with Crippen molar-refractivity contribution in [2.75, 3.05) is 0 Å². The van der Waals surface area contributed by atoms with Crippen molar-refractivity contribution < 1.29 is 12.8 Å². The van der Waals surface area contributed by atoms with Crippen LogP contribution in [0.5, 0.6) is 0 Å². The van der Waals surface area contributed by atoms with Gasteiger partial charge in [0.1, 0.15) is 5.82 Å². The van der Waals surface area contributed by atoms with Gasteiger partial charge in [0, 0.05) is 11.9 Å². The molecule has 0 aliphatic carbocycles. The number of rotatable bonds is 5. The number of nitrogens with one attached hydrogen (secondary N) is 2. The van der Waals surface area contributed by atoms with E-state index in [1.54, 1.807) is 6.20 Å². The predicted octanol–water partition coefficient (Wildman–Crippen LogP) is 1.17. The van der Waals surface area contributed by atoms with Gasteiger partial charge in [-0.05, 0) is 17.7 Å². The lowest BCUT2D eigenvalue weighted by atomic mass is 10.2. The molecule has 2 aromatic rings. The summed E-state index contributed by atoms with van der Waals surface area (Å²) in [6, 6.07) is 5.37. The molecule has 0 spiro atoms. The minimum Gasteiger partial charge on any atom is -0.347 e. The van der Waals surface area contributed by atoms with Gasteiger partial charge in [-0.1, -0.05) is 12.1 Å². The lowest BCUT2D eigenvalue weighted by Crippen LogP contribution is -2.24. The molecule has 0 saturated heterocycles. The van der Waals surface area contributed by atoms with Crippen molar-refractivity contribution in [3.63, 3.8) is 0 Å². The number of aromatic nitrogens is 2. The number of benzene rings is 1. The highest BCUT2D eigenvalue weighted by molar-refractivity contribution is 7.88. The fourth-order valence-electron chi connectivity index (χ4n) is 1.42. The first-order chi connectivity index (χ1) is 8.55. The minimum atomic E-state index is -3.44. The molecule has 7 heteroatoms. The zero-order valence-electron chi connectivity index (χ0n) is 9.43. The van der Waals surface area contributed by atoms with E-state index in [1.165, 1.54) is 30.6 Å². The standard InChI is InChI=1S/C11H12FN3O2S/c12-10-3-1-9(2-4-10)7-18(16,17)15-6-11-5-13-8-14-11/h1-5,8,15H,6-7H2,(H,13,14). The molecule has 2 N–H and O–H groups in total. The van der Waals surface area contributed by atoms with Crippen LogP contribution < -0.4 is 4.72 Å². The Morgan fingerprint density at radius 3 is 2.61 bits per heavy atom. The van der Waals surface area contributed by atoms with Gasteiger partial charge in [-0.2, -0.15) is 0 Å². The summed E-state index contributed by atoms with van der Waals surface area (Å²) in [6.07, 6.45) is 3.02. The molecule has 2 rings (SSSR count). The zero-order chi connectivity index (χ0) is 13.0. The highest BCUT2D eigenvalue weighted by atomic mass is 32.2. The Kier molecular flexibility index (Phi) is 3.73. The fourth-order valence-corrected chi connectivity index (χ4v) is 2.53. The minimum absolute atomic E-state index is 0.156. The first-order valence-corrected chi connectivity index (χ1v) is 6.89. The summed E-state index contributed by atoms with van der Waals surface area (Å²) in [4.78, 5) is 6.58. The van der Waals surface area contributed by atoms with E-state index in [2.05, 4.69) is 14.7 Å². The molecule has 5 nitrogen and oxygen atoms in total. The topological polar surface area (TPSA) is 74.8 Å². The molecule has 96 valence electrons. The quantitative estimate of drug-likeness (QED) is 0.855. The molecule has 0 aliphatic rings. The van der Waals surface area contributed by atoms with Crippen LogP contribution in [0.4, 0.5) is 4.39 Å². The SMILES string of the molecule is O=S(=O)(Cc1ccc(F)cc1)NCc1cnc[nH]1. The molecule has 0 radical (unpaired) electrons. The van der Waals surface area contributed by atoms with E-state index >= 15 is 0 Å². The number of halogens is 1. The van der Waals surface area contributed by atoms with Crippen LogP contribution >= 0.6 is 0 Å². The van der Waals surface area contributed by atoms with Gasteiger partial charge in [0.15, 0.2) is 0 Å². The van der Waals surface area contributed by atoms with Crippen LogP contribution in [-0.4, -0.2) is 18.4 Å². The van der Waals surface area contributed by atoms with E-state index in [0.29, 0.717) is 11.3 Å². The Hall–Kier alpha value is -1.73. The van der Waals surface area contributed by atoms with Gasteiger partial charge in [0.2, 0.25) is 10.0 Å². The number of H-pyrrole nitrogens is 1. The smallest absolute Gasteiger partial charge is 0.216 e. The van der Waals surface area contributed by atoms with Crippen molar-refractivity contribution in [1.29, 1.82) is 0 Å². The van der Waals surface area contributed by atoms with Gasteiger partial charge in [-0.15, -0.1) is 0 Å². The Labute approximate surface area is 104 Å². The molecule has 18 heavy (non-hydrogen) atoms. The summed E-state index contributed by atoms with van der Waals surface area (Å²) >= 11 is 0. The molecular weight excluding hydrogens is 257 g/mol. The maximum Gasteiger partial charge on any atom is 0.216 e. The van der Waals surface area contributed by atoms with Crippen molar-refractivity contribution in [3.8, 4) is 0 Å². The third-order valence-corrected chi connectivity index (χ3v) is 3.60. The van der Waals surface area contributed by atoms with Crippen LogP contribution in [0.15, 0.2) is 36.8 Å². The summed E-state index contributed by atoms with van der Waals surface area (Å²) in [7, 11) is -3.44. The predicted molar refractivity (Wildman–Crippen MR) is 64.5 cm³/mol. The summed E-state index contributed by atoms with van der Waals surface area (Å²) in [5.74, 6) is -0.567. The summed E-state index contributed by atoms with van der Waals surface area (Å²) in [5.41, 5.74) is 1.21. The molecule has 0 unspecified atom stereocenters. The van der Waals surface area contributed by atoms with E-state index in [1.807, 2.05) is 0 Å². The summed E-state index contributed by atoms with van der Waals surface area (Å²) in [6.45, 7) is 0.156. The van der Waals surface area contributed by atoms with Crippen molar-refractivity contribution in [3.05, 3.63) is 53.9 Å². The Bertz CT molecular complexity index is 594.